The Bertz CT molecular complexity index is 662. The van der Waals surface area contributed by atoms with Crippen molar-refractivity contribution in [3.05, 3.63) is 54.0 Å². The van der Waals surface area contributed by atoms with Crippen LogP contribution in [0.3, 0.4) is 0 Å². The van der Waals surface area contributed by atoms with Crippen molar-refractivity contribution in [3.63, 3.8) is 0 Å². The van der Waals surface area contributed by atoms with Gasteiger partial charge in [-0.05, 0) is 36.4 Å². The van der Waals surface area contributed by atoms with Crippen LogP contribution in [0.4, 0.5) is 15.9 Å². The van der Waals surface area contributed by atoms with E-state index in [1.807, 2.05) is 6.07 Å². The number of nitrogens with zero attached hydrogens (tertiary/aromatic N) is 3. The summed E-state index contributed by atoms with van der Waals surface area (Å²) in [5.74, 6) is 0.674. The average molecular weight is 299 g/mol. The molecule has 22 heavy (non-hydrogen) atoms. The lowest BCUT2D eigenvalue weighted by atomic mass is 10.2. The monoisotopic (exact) mass is 299 g/mol. The van der Waals surface area contributed by atoms with Crippen molar-refractivity contribution in [1.29, 1.82) is 5.41 Å². The zero-order valence-electron chi connectivity index (χ0n) is 12.2. The van der Waals surface area contributed by atoms with Crippen LogP contribution in [-0.2, 0) is 0 Å². The van der Waals surface area contributed by atoms with Crippen molar-refractivity contribution in [1.82, 2.24) is 4.98 Å². The minimum Gasteiger partial charge on any atom is -0.384 e. The van der Waals surface area contributed by atoms with Gasteiger partial charge in [-0.15, -0.1) is 0 Å². The second-order valence-corrected chi connectivity index (χ2v) is 5.27. The highest BCUT2D eigenvalue weighted by atomic mass is 19.1. The molecule has 0 spiro atoms. The number of benzene rings is 1. The van der Waals surface area contributed by atoms with Crippen LogP contribution in [0.2, 0.25) is 0 Å². The minimum absolute atomic E-state index is 0.0496. The first-order chi connectivity index (χ1) is 10.6. The number of amidine groups is 1. The predicted octanol–water partition coefficient (Wildman–Crippen LogP) is 1.83. The van der Waals surface area contributed by atoms with Gasteiger partial charge in [0.15, 0.2) is 0 Å². The molecule has 1 aliphatic heterocycles. The van der Waals surface area contributed by atoms with E-state index in [1.54, 1.807) is 24.4 Å². The lowest BCUT2D eigenvalue weighted by molar-refractivity contribution is 0.624. The van der Waals surface area contributed by atoms with Crippen molar-refractivity contribution >= 4 is 17.3 Å². The van der Waals surface area contributed by atoms with Crippen LogP contribution in [0.15, 0.2) is 42.6 Å². The standard InChI is InChI=1S/C16H18FN5/c17-13-1-3-14(4-2-13)21-7-9-22(10-8-21)15-11-12(16(18)19)5-6-20-15/h1-6,11H,7-10H2,(H3,18,19). The first kappa shape index (κ1) is 14.3. The number of anilines is 2. The molecule has 1 aromatic carbocycles. The van der Waals surface area contributed by atoms with E-state index < -0.39 is 0 Å². The highest BCUT2D eigenvalue weighted by Gasteiger charge is 2.18. The van der Waals surface area contributed by atoms with Crippen molar-refractivity contribution in [2.45, 2.75) is 0 Å². The van der Waals surface area contributed by atoms with E-state index in [9.17, 15) is 4.39 Å². The van der Waals surface area contributed by atoms with Gasteiger partial charge in [0.25, 0.3) is 0 Å². The van der Waals surface area contributed by atoms with Gasteiger partial charge in [0, 0.05) is 43.6 Å². The minimum atomic E-state index is -0.215. The fourth-order valence-corrected chi connectivity index (χ4v) is 2.60. The van der Waals surface area contributed by atoms with Gasteiger partial charge < -0.3 is 15.5 Å². The number of nitrogen functional groups attached to an aromatic ring is 1. The van der Waals surface area contributed by atoms with Gasteiger partial charge in [-0.25, -0.2) is 9.37 Å². The molecular weight excluding hydrogens is 281 g/mol. The molecule has 0 atom stereocenters. The van der Waals surface area contributed by atoms with Crippen LogP contribution >= 0.6 is 0 Å². The fourth-order valence-electron chi connectivity index (χ4n) is 2.60. The van der Waals surface area contributed by atoms with Crippen molar-refractivity contribution in [2.24, 2.45) is 5.73 Å². The summed E-state index contributed by atoms with van der Waals surface area (Å²) in [4.78, 5) is 8.76. The van der Waals surface area contributed by atoms with Gasteiger partial charge in [-0.3, -0.25) is 5.41 Å². The Kier molecular flexibility index (Phi) is 3.91. The van der Waals surface area contributed by atoms with E-state index in [0.29, 0.717) is 5.56 Å². The van der Waals surface area contributed by atoms with Gasteiger partial charge in [0.1, 0.15) is 17.5 Å². The summed E-state index contributed by atoms with van der Waals surface area (Å²) in [6.07, 6.45) is 1.68. The number of rotatable bonds is 3. The molecule has 1 aromatic heterocycles. The number of halogens is 1. The molecule has 0 radical (unpaired) electrons. The second-order valence-electron chi connectivity index (χ2n) is 5.27. The molecule has 1 aliphatic rings. The van der Waals surface area contributed by atoms with E-state index in [0.717, 1.165) is 37.7 Å². The molecular formula is C16H18FN5. The molecule has 0 bridgehead atoms. The van der Waals surface area contributed by atoms with Crippen molar-refractivity contribution < 1.29 is 4.39 Å². The lowest BCUT2D eigenvalue weighted by Crippen LogP contribution is -2.46. The molecule has 2 heterocycles. The second kappa shape index (κ2) is 6.01. The molecule has 1 fully saturated rings. The summed E-state index contributed by atoms with van der Waals surface area (Å²) in [5, 5.41) is 7.50. The van der Waals surface area contributed by atoms with Crippen LogP contribution in [0.5, 0.6) is 0 Å². The highest BCUT2D eigenvalue weighted by Crippen LogP contribution is 2.20. The number of hydrogen-bond donors (Lipinski definition) is 2. The predicted molar refractivity (Wildman–Crippen MR) is 86.1 cm³/mol. The maximum atomic E-state index is 13.0. The number of hydrogen-bond acceptors (Lipinski definition) is 4. The summed E-state index contributed by atoms with van der Waals surface area (Å²) in [5.41, 5.74) is 7.24. The molecule has 114 valence electrons. The van der Waals surface area contributed by atoms with Gasteiger partial charge in [0.05, 0.1) is 0 Å². The molecule has 3 N–H and O–H groups in total. The fraction of sp³-hybridized carbons (Fsp3) is 0.250. The third kappa shape index (κ3) is 3.00. The number of nitrogens with two attached hydrogens (primary N) is 1. The Balaban J connectivity index is 1.67. The molecule has 0 amide bonds. The molecule has 1 saturated heterocycles. The van der Waals surface area contributed by atoms with Crippen LogP contribution in [0.25, 0.3) is 0 Å². The maximum absolute atomic E-state index is 13.0. The largest absolute Gasteiger partial charge is 0.384 e. The number of pyridine rings is 1. The van der Waals surface area contributed by atoms with Crippen LogP contribution < -0.4 is 15.5 Å². The average Bonchev–Trinajstić information content (AvgIpc) is 2.56. The molecule has 6 heteroatoms. The summed E-state index contributed by atoms with van der Waals surface area (Å²) in [7, 11) is 0. The van der Waals surface area contributed by atoms with Crippen molar-refractivity contribution in [3.8, 4) is 0 Å². The lowest BCUT2D eigenvalue weighted by Gasteiger charge is -2.36. The van der Waals surface area contributed by atoms with Gasteiger partial charge in [-0.1, -0.05) is 0 Å². The zero-order valence-corrected chi connectivity index (χ0v) is 12.2. The van der Waals surface area contributed by atoms with Gasteiger partial charge in [0.2, 0.25) is 0 Å². The first-order valence-corrected chi connectivity index (χ1v) is 7.19. The van der Waals surface area contributed by atoms with Gasteiger partial charge in [-0.2, -0.15) is 0 Å². The summed E-state index contributed by atoms with van der Waals surface area (Å²) < 4.78 is 13.0. The summed E-state index contributed by atoms with van der Waals surface area (Å²) in [6, 6.07) is 10.2. The van der Waals surface area contributed by atoms with Crippen LogP contribution in [0, 0.1) is 11.2 Å². The number of nitrogens with one attached hydrogen (secondary N) is 1. The SMILES string of the molecule is N=C(N)c1ccnc(N2CCN(c3ccc(F)cc3)CC2)c1. The first-order valence-electron chi connectivity index (χ1n) is 7.19. The third-order valence-electron chi connectivity index (χ3n) is 3.85. The molecule has 5 nitrogen and oxygen atoms in total. The molecule has 3 rings (SSSR count). The maximum Gasteiger partial charge on any atom is 0.129 e. The third-order valence-corrected chi connectivity index (χ3v) is 3.85. The smallest absolute Gasteiger partial charge is 0.129 e. The number of aromatic nitrogens is 1. The highest BCUT2D eigenvalue weighted by molar-refractivity contribution is 5.95. The Morgan fingerprint density at radius 1 is 1.05 bits per heavy atom. The summed E-state index contributed by atoms with van der Waals surface area (Å²) >= 11 is 0. The molecule has 2 aromatic rings. The van der Waals surface area contributed by atoms with Crippen LogP contribution in [0.1, 0.15) is 5.56 Å². The van der Waals surface area contributed by atoms with E-state index in [2.05, 4.69) is 14.8 Å². The van der Waals surface area contributed by atoms with E-state index in [-0.39, 0.29) is 11.7 Å². The zero-order chi connectivity index (χ0) is 15.5. The topological polar surface area (TPSA) is 69.2 Å². The number of piperazine rings is 1. The normalized spacial score (nSPS) is 15.0. The van der Waals surface area contributed by atoms with E-state index in [1.165, 1.54) is 12.1 Å². The van der Waals surface area contributed by atoms with Crippen molar-refractivity contribution in [2.75, 3.05) is 36.0 Å². The van der Waals surface area contributed by atoms with E-state index in [4.69, 9.17) is 11.1 Å². The summed E-state index contributed by atoms with van der Waals surface area (Å²) in [6.45, 7) is 3.34. The van der Waals surface area contributed by atoms with Crippen LogP contribution in [-0.4, -0.2) is 37.0 Å². The Labute approximate surface area is 128 Å². The molecule has 0 saturated carbocycles. The Morgan fingerprint density at radius 2 is 1.68 bits per heavy atom. The molecule has 0 aliphatic carbocycles. The van der Waals surface area contributed by atoms with Gasteiger partial charge >= 0.3 is 0 Å². The quantitative estimate of drug-likeness (QED) is 0.670. The molecule has 0 unspecified atom stereocenters. The van der Waals surface area contributed by atoms with E-state index >= 15 is 0 Å². The Morgan fingerprint density at radius 3 is 2.32 bits per heavy atom. The Hall–Kier alpha value is -2.63.